The molecule has 0 spiro atoms. The normalized spacial score (nSPS) is 14.6. The molecule has 1 fully saturated rings. The van der Waals surface area contributed by atoms with E-state index in [0.29, 0.717) is 32.1 Å². The van der Waals surface area contributed by atoms with E-state index in [0.717, 1.165) is 16.7 Å². The second-order valence-corrected chi connectivity index (χ2v) is 5.55. The summed E-state index contributed by atoms with van der Waals surface area (Å²) in [4.78, 5) is 30.1. The SMILES string of the molecule is NC(=O)Cc1nc(N2CCOCC2)cc(=O)n1-c1ccc(F)c(F)c1. The zero-order valence-electron chi connectivity index (χ0n) is 13.2. The van der Waals surface area contributed by atoms with Crippen molar-refractivity contribution >= 4 is 11.7 Å². The number of aromatic nitrogens is 2. The van der Waals surface area contributed by atoms with Crippen LogP contribution in [0.25, 0.3) is 5.69 Å². The standard InChI is InChI=1S/C16H16F2N4O3/c17-11-2-1-10(7-12(11)18)22-15(8-13(19)23)20-14(9-16(22)24)21-3-5-25-6-4-21/h1-2,7,9H,3-6,8H2,(H2,19,23). The monoisotopic (exact) mass is 350 g/mol. The zero-order valence-corrected chi connectivity index (χ0v) is 13.2. The van der Waals surface area contributed by atoms with Gasteiger partial charge in [0, 0.05) is 25.2 Å². The number of ether oxygens (including phenoxy) is 1. The summed E-state index contributed by atoms with van der Waals surface area (Å²) >= 11 is 0. The summed E-state index contributed by atoms with van der Waals surface area (Å²) in [5, 5.41) is 0. The molecule has 25 heavy (non-hydrogen) atoms. The van der Waals surface area contributed by atoms with E-state index in [4.69, 9.17) is 10.5 Å². The van der Waals surface area contributed by atoms with Gasteiger partial charge < -0.3 is 15.4 Å². The Bertz CT molecular complexity index is 863. The molecule has 1 amide bonds. The van der Waals surface area contributed by atoms with Crippen molar-refractivity contribution in [2.45, 2.75) is 6.42 Å². The van der Waals surface area contributed by atoms with Crippen molar-refractivity contribution in [3.8, 4) is 5.69 Å². The summed E-state index contributed by atoms with van der Waals surface area (Å²) in [5.74, 6) is -2.38. The number of nitrogens with two attached hydrogens (primary N) is 1. The van der Waals surface area contributed by atoms with Gasteiger partial charge in [0.2, 0.25) is 5.91 Å². The van der Waals surface area contributed by atoms with E-state index in [2.05, 4.69) is 4.98 Å². The Morgan fingerprint density at radius 1 is 1.20 bits per heavy atom. The van der Waals surface area contributed by atoms with Gasteiger partial charge in [0.05, 0.1) is 25.3 Å². The third kappa shape index (κ3) is 3.66. The van der Waals surface area contributed by atoms with Gasteiger partial charge in [-0.3, -0.25) is 14.2 Å². The molecule has 1 aliphatic rings. The first-order valence-electron chi connectivity index (χ1n) is 7.65. The molecule has 0 radical (unpaired) electrons. The van der Waals surface area contributed by atoms with E-state index < -0.39 is 23.1 Å². The molecule has 0 unspecified atom stereocenters. The van der Waals surface area contributed by atoms with Crippen molar-refractivity contribution < 1.29 is 18.3 Å². The average molecular weight is 350 g/mol. The highest BCUT2D eigenvalue weighted by atomic mass is 19.2. The first kappa shape index (κ1) is 17.0. The quantitative estimate of drug-likeness (QED) is 0.861. The second kappa shape index (κ2) is 6.98. The largest absolute Gasteiger partial charge is 0.378 e. The molecule has 0 bridgehead atoms. The van der Waals surface area contributed by atoms with Gasteiger partial charge in [-0.1, -0.05) is 0 Å². The van der Waals surface area contributed by atoms with Crippen molar-refractivity contribution in [3.63, 3.8) is 0 Å². The van der Waals surface area contributed by atoms with Crippen LogP contribution in [0.5, 0.6) is 0 Å². The smallest absolute Gasteiger partial charge is 0.260 e. The van der Waals surface area contributed by atoms with Crippen molar-refractivity contribution in [2.24, 2.45) is 5.73 Å². The van der Waals surface area contributed by atoms with Crippen molar-refractivity contribution in [1.29, 1.82) is 0 Å². The summed E-state index contributed by atoms with van der Waals surface area (Å²) in [5.41, 5.74) is 4.80. The van der Waals surface area contributed by atoms with Gasteiger partial charge in [-0.05, 0) is 12.1 Å². The van der Waals surface area contributed by atoms with Crippen molar-refractivity contribution in [3.05, 3.63) is 52.1 Å². The highest BCUT2D eigenvalue weighted by Gasteiger charge is 2.19. The summed E-state index contributed by atoms with van der Waals surface area (Å²) in [6, 6.07) is 4.30. The fraction of sp³-hybridized carbons (Fsp3) is 0.312. The lowest BCUT2D eigenvalue weighted by molar-refractivity contribution is -0.117. The van der Waals surface area contributed by atoms with Crippen LogP contribution in [0.1, 0.15) is 5.82 Å². The van der Waals surface area contributed by atoms with Gasteiger partial charge in [-0.2, -0.15) is 0 Å². The Kier molecular flexibility index (Phi) is 4.75. The Labute approximate surface area is 141 Å². The van der Waals surface area contributed by atoms with Crippen LogP contribution in [-0.4, -0.2) is 41.8 Å². The minimum atomic E-state index is -1.10. The third-order valence-electron chi connectivity index (χ3n) is 3.80. The maximum Gasteiger partial charge on any atom is 0.260 e. The molecule has 1 aliphatic heterocycles. The van der Waals surface area contributed by atoms with Crippen LogP contribution in [0.15, 0.2) is 29.1 Å². The van der Waals surface area contributed by atoms with Gasteiger partial charge in [0.1, 0.15) is 11.6 Å². The number of halogens is 2. The van der Waals surface area contributed by atoms with E-state index in [1.165, 1.54) is 12.1 Å². The predicted molar refractivity (Wildman–Crippen MR) is 85.7 cm³/mol. The van der Waals surface area contributed by atoms with Crippen LogP contribution in [0.3, 0.4) is 0 Å². The zero-order chi connectivity index (χ0) is 18.0. The molecule has 3 rings (SSSR count). The summed E-state index contributed by atoms with van der Waals surface area (Å²) in [7, 11) is 0. The molecule has 1 aromatic heterocycles. The molecule has 2 aromatic rings. The number of hydrogen-bond acceptors (Lipinski definition) is 5. The van der Waals surface area contributed by atoms with Crippen LogP contribution in [-0.2, 0) is 16.0 Å². The predicted octanol–water partition coefficient (Wildman–Crippen LogP) is 0.375. The van der Waals surface area contributed by atoms with Crippen LogP contribution in [0, 0.1) is 11.6 Å². The number of hydrogen-bond donors (Lipinski definition) is 1. The molecular formula is C16H16F2N4O3. The maximum absolute atomic E-state index is 13.5. The number of morpholine rings is 1. The Morgan fingerprint density at radius 3 is 2.56 bits per heavy atom. The molecule has 132 valence electrons. The highest BCUT2D eigenvalue weighted by Crippen LogP contribution is 2.17. The molecule has 0 aliphatic carbocycles. The fourth-order valence-corrected chi connectivity index (χ4v) is 2.65. The number of carbonyl (C=O) groups is 1. The van der Waals surface area contributed by atoms with Gasteiger partial charge in [0.25, 0.3) is 5.56 Å². The van der Waals surface area contributed by atoms with Crippen LogP contribution < -0.4 is 16.2 Å². The number of carbonyl (C=O) groups excluding carboxylic acids is 1. The van der Waals surface area contributed by atoms with Gasteiger partial charge in [-0.15, -0.1) is 0 Å². The Hall–Kier alpha value is -2.81. The number of nitrogens with zero attached hydrogens (tertiary/aromatic N) is 3. The molecular weight excluding hydrogens is 334 g/mol. The summed E-state index contributed by atoms with van der Waals surface area (Å²) < 4.78 is 33.0. The maximum atomic E-state index is 13.5. The molecule has 9 heteroatoms. The molecule has 0 atom stereocenters. The van der Waals surface area contributed by atoms with Gasteiger partial charge >= 0.3 is 0 Å². The van der Waals surface area contributed by atoms with E-state index in [1.807, 2.05) is 4.90 Å². The first-order chi connectivity index (χ1) is 12.0. The fourth-order valence-electron chi connectivity index (χ4n) is 2.65. The van der Waals surface area contributed by atoms with E-state index >= 15 is 0 Å². The molecule has 1 aromatic carbocycles. The van der Waals surface area contributed by atoms with E-state index in [-0.39, 0.29) is 17.9 Å². The van der Waals surface area contributed by atoms with Crippen LogP contribution in [0.4, 0.5) is 14.6 Å². The van der Waals surface area contributed by atoms with Gasteiger partial charge in [0.15, 0.2) is 11.6 Å². The van der Waals surface area contributed by atoms with Crippen LogP contribution in [0.2, 0.25) is 0 Å². The Morgan fingerprint density at radius 2 is 1.92 bits per heavy atom. The summed E-state index contributed by atoms with van der Waals surface area (Å²) in [6.45, 7) is 2.10. The molecule has 2 heterocycles. The number of rotatable bonds is 4. The second-order valence-electron chi connectivity index (χ2n) is 5.55. The number of primary amides is 1. The average Bonchev–Trinajstić information content (AvgIpc) is 2.57. The highest BCUT2D eigenvalue weighted by molar-refractivity contribution is 5.76. The Balaban J connectivity index is 2.11. The lowest BCUT2D eigenvalue weighted by Crippen LogP contribution is -2.38. The minimum Gasteiger partial charge on any atom is -0.378 e. The van der Waals surface area contributed by atoms with Crippen molar-refractivity contribution in [1.82, 2.24) is 9.55 Å². The molecule has 0 saturated carbocycles. The first-order valence-corrected chi connectivity index (χ1v) is 7.65. The molecule has 1 saturated heterocycles. The lowest BCUT2D eigenvalue weighted by Gasteiger charge is -2.28. The van der Waals surface area contributed by atoms with E-state index in [1.54, 1.807) is 0 Å². The lowest BCUT2D eigenvalue weighted by atomic mass is 10.2. The third-order valence-corrected chi connectivity index (χ3v) is 3.80. The molecule has 2 N–H and O–H groups in total. The number of anilines is 1. The number of amides is 1. The molecule has 7 nitrogen and oxygen atoms in total. The van der Waals surface area contributed by atoms with E-state index in [9.17, 15) is 18.4 Å². The van der Waals surface area contributed by atoms with Crippen LogP contribution >= 0.6 is 0 Å². The number of benzene rings is 1. The minimum absolute atomic E-state index is 0.0625. The van der Waals surface area contributed by atoms with Crippen molar-refractivity contribution in [2.75, 3.05) is 31.2 Å². The van der Waals surface area contributed by atoms with Gasteiger partial charge in [-0.25, -0.2) is 13.8 Å². The summed E-state index contributed by atoms with van der Waals surface area (Å²) in [6.07, 6.45) is -0.313. The topological polar surface area (TPSA) is 90.5 Å².